The quantitative estimate of drug-likeness (QED) is 0.821. The van der Waals surface area contributed by atoms with Gasteiger partial charge in [-0.2, -0.15) is 0 Å². The predicted octanol–water partition coefficient (Wildman–Crippen LogP) is 3.98. The lowest BCUT2D eigenvalue weighted by molar-refractivity contribution is 0.414. The van der Waals surface area contributed by atoms with Gasteiger partial charge in [-0.3, -0.25) is 0 Å². The van der Waals surface area contributed by atoms with Crippen LogP contribution in [0, 0.1) is 0 Å². The van der Waals surface area contributed by atoms with Gasteiger partial charge in [0.05, 0.1) is 7.11 Å². The normalized spacial score (nSPS) is 12.1. The fourth-order valence-corrected chi connectivity index (χ4v) is 2.42. The van der Waals surface area contributed by atoms with E-state index in [4.69, 9.17) is 4.74 Å². The lowest BCUT2D eigenvalue weighted by atomic mass is 9.99. The molecule has 2 nitrogen and oxygen atoms in total. The van der Waals surface area contributed by atoms with Crippen molar-refractivity contribution in [1.82, 2.24) is 5.32 Å². The molecule has 0 aromatic heterocycles. The third-order valence-corrected chi connectivity index (χ3v) is 3.53. The van der Waals surface area contributed by atoms with Crippen molar-refractivity contribution in [3.8, 4) is 5.75 Å². The Morgan fingerprint density at radius 3 is 2.30 bits per heavy atom. The van der Waals surface area contributed by atoms with Gasteiger partial charge in [-0.1, -0.05) is 49.4 Å². The van der Waals surface area contributed by atoms with Crippen molar-refractivity contribution in [2.75, 3.05) is 13.7 Å². The first-order valence-electron chi connectivity index (χ1n) is 7.24. The lowest BCUT2D eigenvalue weighted by Crippen LogP contribution is -2.21. The van der Waals surface area contributed by atoms with E-state index < -0.39 is 0 Å². The van der Waals surface area contributed by atoms with E-state index in [0.29, 0.717) is 6.04 Å². The summed E-state index contributed by atoms with van der Waals surface area (Å²) < 4.78 is 5.19. The second kappa shape index (κ2) is 7.71. The summed E-state index contributed by atoms with van der Waals surface area (Å²) in [5.74, 6) is 0.917. The van der Waals surface area contributed by atoms with Crippen LogP contribution >= 0.6 is 0 Å². The number of aryl methyl sites for hydroxylation is 1. The van der Waals surface area contributed by atoms with Crippen molar-refractivity contribution < 1.29 is 4.74 Å². The second-order valence-corrected chi connectivity index (χ2v) is 4.91. The molecule has 0 aliphatic carbocycles. The van der Waals surface area contributed by atoms with E-state index in [1.165, 1.54) is 11.1 Å². The lowest BCUT2D eigenvalue weighted by Gasteiger charge is -2.18. The van der Waals surface area contributed by atoms with Crippen molar-refractivity contribution in [2.24, 2.45) is 0 Å². The second-order valence-electron chi connectivity index (χ2n) is 4.91. The summed E-state index contributed by atoms with van der Waals surface area (Å²) >= 11 is 0. The molecule has 0 saturated carbocycles. The number of nitrogens with one attached hydrogen (secondary N) is 1. The monoisotopic (exact) mass is 269 g/mol. The maximum absolute atomic E-state index is 5.19. The van der Waals surface area contributed by atoms with Crippen LogP contribution in [0.5, 0.6) is 5.75 Å². The van der Waals surface area contributed by atoms with E-state index in [1.54, 1.807) is 7.11 Å². The van der Waals surface area contributed by atoms with Crippen LogP contribution in [0.3, 0.4) is 0 Å². The average molecular weight is 269 g/mol. The molecule has 1 atom stereocenters. The van der Waals surface area contributed by atoms with Crippen molar-refractivity contribution in [3.05, 3.63) is 65.7 Å². The Balaban J connectivity index is 1.98. The standard InChI is InChI=1S/C18H23NO/c1-3-19-18(16-7-5-4-6-8-16)14-11-15-9-12-17(20-2)13-10-15/h4-10,12-13,18-19H,3,11,14H2,1-2H3. The molecule has 0 aliphatic rings. The van der Waals surface area contributed by atoms with Gasteiger partial charge in [0.1, 0.15) is 5.75 Å². The zero-order chi connectivity index (χ0) is 14.2. The number of hydrogen-bond donors (Lipinski definition) is 1. The molecule has 0 heterocycles. The van der Waals surface area contributed by atoms with Gasteiger partial charge in [-0.05, 0) is 42.6 Å². The highest BCUT2D eigenvalue weighted by Gasteiger charge is 2.09. The number of hydrogen-bond acceptors (Lipinski definition) is 2. The summed E-state index contributed by atoms with van der Waals surface area (Å²) in [7, 11) is 1.70. The Bertz CT molecular complexity index is 493. The minimum atomic E-state index is 0.420. The molecular weight excluding hydrogens is 246 g/mol. The first-order chi connectivity index (χ1) is 9.83. The molecule has 20 heavy (non-hydrogen) atoms. The number of benzene rings is 2. The van der Waals surface area contributed by atoms with Gasteiger partial charge in [0, 0.05) is 6.04 Å². The Hall–Kier alpha value is -1.80. The third-order valence-electron chi connectivity index (χ3n) is 3.53. The van der Waals surface area contributed by atoms with Gasteiger partial charge in [0.25, 0.3) is 0 Å². The smallest absolute Gasteiger partial charge is 0.118 e. The van der Waals surface area contributed by atoms with E-state index in [-0.39, 0.29) is 0 Å². The third kappa shape index (κ3) is 4.10. The Morgan fingerprint density at radius 1 is 1.00 bits per heavy atom. The van der Waals surface area contributed by atoms with Gasteiger partial charge in [-0.25, -0.2) is 0 Å². The van der Waals surface area contributed by atoms with Gasteiger partial charge in [0.2, 0.25) is 0 Å². The zero-order valence-corrected chi connectivity index (χ0v) is 12.3. The van der Waals surface area contributed by atoms with Crippen molar-refractivity contribution in [1.29, 1.82) is 0 Å². The fourth-order valence-electron chi connectivity index (χ4n) is 2.42. The molecule has 1 unspecified atom stereocenters. The zero-order valence-electron chi connectivity index (χ0n) is 12.3. The van der Waals surface area contributed by atoms with E-state index in [1.807, 2.05) is 12.1 Å². The van der Waals surface area contributed by atoms with Crippen molar-refractivity contribution in [3.63, 3.8) is 0 Å². The van der Waals surface area contributed by atoms with Crippen LogP contribution < -0.4 is 10.1 Å². The Labute approximate surface area is 121 Å². The van der Waals surface area contributed by atoms with E-state index in [9.17, 15) is 0 Å². The van der Waals surface area contributed by atoms with Crippen LogP contribution in [0.1, 0.15) is 30.5 Å². The molecule has 0 bridgehead atoms. The summed E-state index contributed by atoms with van der Waals surface area (Å²) in [6.07, 6.45) is 2.17. The Kier molecular flexibility index (Phi) is 5.63. The number of ether oxygens (including phenoxy) is 1. The molecule has 0 aliphatic heterocycles. The SMILES string of the molecule is CCNC(CCc1ccc(OC)cc1)c1ccccc1. The molecule has 0 amide bonds. The average Bonchev–Trinajstić information content (AvgIpc) is 2.53. The first kappa shape index (κ1) is 14.6. The fraction of sp³-hybridized carbons (Fsp3) is 0.333. The summed E-state index contributed by atoms with van der Waals surface area (Å²) in [5.41, 5.74) is 2.72. The van der Waals surface area contributed by atoms with E-state index in [0.717, 1.165) is 25.1 Å². The van der Waals surface area contributed by atoms with Crippen molar-refractivity contribution in [2.45, 2.75) is 25.8 Å². The molecule has 2 rings (SSSR count). The van der Waals surface area contributed by atoms with E-state index >= 15 is 0 Å². The molecule has 0 radical (unpaired) electrons. The van der Waals surface area contributed by atoms with Gasteiger partial charge >= 0.3 is 0 Å². The predicted molar refractivity (Wildman–Crippen MR) is 84.2 cm³/mol. The highest BCUT2D eigenvalue weighted by Crippen LogP contribution is 2.20. The maximum atomic E-state index is 5.19. The number of methoxy groups -OCH3 is 1. The van der Waals surface area contributed by atoms with Gasteiger partial charge in [-0.15, -0.1) is 0 Å². The summed E-state index contributed by atoms with van der Waals surface area (Å²) in [6, 6.07) is 19.4. The van der Waals surface area contributed by atoms with Crippen LogP contribution in [0.15, 0.2) is 54.6 Å². The number of rotatable bonds is 7. The molecule has 0 fully saturated rings. The van der Waals surface area contributed by atoms with Crippen LogP contribution in [0.4, 0.5) is 0 Å². The molecule has 2 heteroatoms. The Morgan fingerprint density at radius 2 is 1.70 bits per heavy atom. The van der Waals surface area contributed by atoms with Crippen LogP contribution in [-0.4, -0.2) is 13.7 Å². The molecule has 2 aromatic rings. The van der Waals surface area contributed by atoms with Crippen LogP contribution in [0.2, 0.25) is 0 Å². The molecular formula is C18H23NO. The molecule has 1 N–H and O–H groups in total. The van der Waals surface area contributed by atoms with Crippen molar-refractivity contribution >= 4 is 0 Å². The summed E-state index contributed by atoms with van der Waals surface area (Å²) in [5, 5.41) is 3.57. The summed E-state index contributed by atoms with van der Waals surface area (Å²) in [6.45, 7) is 3.14. The molecule has 0 spiro atoms. The molecule has 0 saturated heterocycles. The van der Waals surface area contributed by atoms with Crippen LogP contribution in [-0.2, 0) is 6.42 Å². The minimum Gasteiger partial charge on any atom is -0.497 e. The highest BCUT2D eigenvalue weighted by atomic mass is 16.5. The summed E-state index contributed by atoms with van der Waals surface area (Å²) in [4.78, 5) is 0. The first-order valence-corrected chi connectivity index (χ1v) is 7.24. The minimum absolute atomic E-state index is 0.420. The van der Waals surface area contributed by atoms with Crippen LogP contribution in [0.25, 0.3) is 0 Å². The topological polar surface area (TPSA) is 21.3 Å². The largest absolute Gasteiger partial charge is 0.497 e. The van der Waals surface area contributed by atoms with E-state index in [2.05, 4.69) is 54.7 Å². The van der Waals surface area contributed by atoms with Gasteiger partial charge < -0.3 is 10.1 Å². The maximum Gasteiger partial charge on any atom is 0.118 e. The molecule has 106 valence electrons. The highest BCUT2D eigenvalue weighted by molar-refractivity contribution is 5.27. The van der Waals surface area contributed by atoms with Gasteiger partial charge in [0.15, 0.2) is 0 Å². The molecule has 2 aromatic carbocycles.